The van der Waals surface area contributed by atoms with E-state index in [0.717, 1.165) is 5.56 Å². The number of ether oxygens (including phenoxy) is 2. The topological polar surface area (TPSA) is 83.3 Å². The Morgan fingerprint density at radius 2 is 1.85 bits per heavy atom. The zero-order chi connectivity index (χ0) is 23.4. The van der Waals surface area contributed by atoms with E-state index >= 15 is 0 Å². The lowest BCUT2D eigenvalue weighted by Crippen LogP contribution is -2.26. The molecule has 0 spiro atoms. The molecule has 2 aromatic heterocycles. The summed E-state index contributed by atoms with van der Waals surface area (Å²) in [6.45, 7) is -0.781. The molecule has 0 aliphatic carbocycles. The number of nitrogens with zero attached hydrogens (tertiary/aromatic N) is 3. The summed E-state index contributed by atoms with van der Waals surface area (Å²) in [6.07, 6.45) is -0.0508. The molecule has 2 aromatic carbocycles. The van der Waals surface area contributed by atoms with Gasteiger partial charge >= 0.3 is 12.6 Å². The van der Waals surface area contributed by atoms with Crippen molar-refractivity contribution in [2.45, 2.75) is 26.5 Å². The number of benzene rings is 2. The standard InChI is InChI=1S/C23H19F2N3O4S/c1-2-31-21(29)11-18-16-5-3-4-6-17(16)22(30)28(27-18)12-20-26-19(13-33-20)14-7-9-15(10-8-14)32-23(24)25/h3-10,13,23H,2,11-12H2,1H3. The summed E-state index contributed by atoms with van der Waals surface area (Å²) in [5.41, 5.74) is 1.53. The molecule has 0 N–H and O–H groups in total. The van der Waals surface area contributed by atoms with Crippen LogP contribution in [0.2, 0.25) is 0 Å². The minimum absolute atomic E-state index is 0.0508. The number of alkyl halides is 2. The summed E-state index contributed by atoms with van der Waals surface area (Å²) in [5, 5.41) is 7.93. The summed E-state index contributed by atoms with van der Waals surface area (Å²) in [6, 6.07) is 13.1. The van der Waals surface area contributed by atoms with E-state index in [4.69, 9.17) is 4.74 Å². The van der Waals surface area contributed by atoms with E-state index in [1.165, 1.54) is 28.2 Å². The largest absolute Gasteiger partial charge is 0.466 e. The average Bonchev–Trinajstić information content (AvgIpc) is 3.26. The van der Waals surface area contributed by atoms with Gasteiger partial charge < -0.3 is 9.47 Å². The maximum Gasteiger partial charge on any atom is 0.387 e. The molecule has 0 saturated heterocycles. The molecular formula is C23H19F2N3O4S. The molecule has 33 heavy (non-hydrogen) atoms. The van der Waals surface area contributed by atoms with Crippen molar-refractivity contribution in [3.05, 3.63) is 75.0 Å². The van der Waals surface area contributed by atoms with Gasteiger partial charge in [0.2, 0.25) is 0 Å². The molecule has 2 heterocycles. The van der Waals surface area contributed by atoms with Crippen LogP contribution in [0.5, 0.6) is 5.75 Å². The van der Waals surface area contributed by atoms with Gasteiger partial charge in [0.05, 0.1) is 36.3 Å². The molecule has 0 saturated carbocycles. The molecule has 0 bridgehead atoms. The summed E-state index contributed by atoms with van der Waals surface area (Å²) in [4.78, 5) is 29.6. The molecule has 0 aliphatic rings. The Bertz CT molecular complexity index is 1340. The highest BCUT2D eigenvalue weighted by Gasteiger charge is 2.15. The second-order valence-corrected chi connectivity index (χ2v) is 7.91. The Balaban J connectivity index is 1.62. The van der Waals surface area contributed by atoms with Crippen LogP contribution in [-0.2, 0) is 22.5 Å². The Morgan fingerprint density at radius 1 is 1.12 bits per heavy atom. The van der Waals surface area contributed by atoms with Crippen LogP contribution in [0.3, 0.4) is 0 Å². The van der Waals surface area contributed by atoms with Gasteiger partial charge in [-0.25, -0.2) is 9.67 Å². The Morgan fingerprint density at radius 3 is 2.55 bits per heavy atom. The molecule has 0 unspecified atom stereocenters. The van der Waals surface area contributed by atoms with Crippen molar-refractivity contribution in [3.8, 4) is 17.0 Å². The Hall–Kier alpha value is -3.66. The fourth-order valence-electron chi connectivity index (χ4n) is 3.34. The van der Waals surface area contributed by atoms with E-state index in [1.807, 2.05) is 5.38 Å². The van der Waals surface area contributed by atoms with Gasteiger partial charge in [0.25, 0.3) is 5.56 Å². The summed E-state index contributed by atoms with van der Waals surface area (Å²) in [5.74, 6) is -0.360. The number of thiazole rings is 1. The van der Waals surface area contributed by atoms with Crippen molar-refractivity contribution in [3.63, 3.8) is 0 Å². The first kappa shape index (κ1) is 22.5. The van der Waals surface area contributed by atoms with Gasteiger partial charge in [-0.1, -0.05) is 18.2 Å². The van der Waals surface area contributed by atoms with Gasteiger partial charge in [0.15, 0.2) is 0 Å². The van der Waals surface area contributed by atoms with E-state index < -0.39 is 12.6 Å². The first-order valence-corrected chi connectivity index (χ1v) is 11.0. The van der Waals surface area contributed by atoms with Crippen LogP contribution in [-0.4, -0.2) is 34.0 Å². The lowest BCUT2D eigenvalue weighted by molar-refractivity contribution is -0.142. The van der Waals surface area contributed by atoms with Crippen LogP contribution < -0.4 is 10.3 Å². The Labute approximate surface area is 191 Å². The number of hydrogen-bond acceptors (Lipinski definition) is 7. The van der Waals surface area contributed by atoms with Crippen molar-refractivity contribution in [2.75, 3.05) is 6.61 Å². The van der Waals surface area contributed by atoms with Crippen LogP contribution in [0, 0.1) is 0 Å². The number of halogens is 2. The molecule has 10 heteroatoms. The first-order chi connectivity index (χ1) is 15.9. The highest BCUT2D eigenvalue weighted by molar-refractivity contribution is 7.09. The van der Waals surface area contributed by atoms with Crippen LogP contribution >= 0.6 is 11.3 Å². The number of carbonyl (C=O) groups is 1. The summed E-state index contributed by atoms with van der Waals surface area (Å²) >= 11 is 1.34. The first-order valence-electron chi connectivity index (χ1n) is 10.1. The lowest BCUT2D eigenvalue weighted by atomic mass is 10.1. The molecular weight excluding hydrogens is 452 g/mol. The number of esters is 1. The van der Waals surface area contributed by atoms with Crippen LogP contribution in [0.4, 0.5) is 8.78 Å². The van der Waals surface area contributed by atoms with E-state index in [2.05, 4.69) is 14.8 Å². The van der Waals surface area contributed by atoms with Crippen molar-refractivity contribution in [1.29, 1.82) is 0 Å². The molecule has 0 radical (unpaired) electrons. The Kier molecular flexibility index (Phi) is 6.74. The third-order valence-corrected chi connectivity index (χ3v) is 5.61. The SMILES string of the molecule is CCOC(=O)Cc1nn(Cc2nc(-c3ccc(OC(F)F)cc3)cs2)c(=O)c2ccccc12. The average molecular weight is 471 g/mol. The quantitative estimate of drug-likeness (QED) is 0.357. The third kappa shape index (κ3) is 5.23. The van der Waals surface area contributed by atoms with Gasteiger partial charge in [-0.15, -0.1) is 11.3 Å². The molecule has 170 valence electrons. The van der Waals surface area contributed by atoms with Gasteiger partial charge in [-0.2, -0.15) is 13.9 Å². The predicted octanol–water partition coefficient (Wildman–Crippen LogP) is 4.28. The molecule has 0 atom stereocenters. The molecule has 0 amide bonds. The highest BCUT2D eigenvalue weighted by atomic mass is 32.1. The van der Waals surface area contributed by atoms with Crippen molar-refractivity contribution in [1.82, 2.24) is 14.8 Å². The van der Waals surface area contributed by atoms with Crippen LogP contribution in [0.1, 0.15) is 17.6 Å². The fraction of sp³-hybridized carbons (Fsp3) is 0.217. The van der Waals surface area contributed by atoms with Gasteiger partial charge in [-0.05, 0) is 37.3 Å². The zero-order valence-electron chi connectivity index (χ0n) is 17.5. The second kappa shape index (κ2) is 9.86. The second-order valence-electron chi connectivity index (χ2n) is 6.97. The number of carbonyl (C=O) groups excluding carboxylic acids is 1. The highest BCUT2D eigenvalue weighted by Crippen LogP contribution is 2.25. The van der Waals surface area contributed by atoms with E-state index in [1.54, 1.807) is 43.3 Å². The van der Waals surface area contributed by atoms with Gasteiger partial charge in [0.1, 0.15) is 10.8 Å². The van der Waals surface area contributed by atoms with Crippen LogP contribution in [0.15, 0.2) is 58.7 Å². The molecule has 4 rings (SSSR count). The molecule has 4 aromatic rings. The number of rotatable bonds is 8. The smallest absolute Gasteiger partial charge is 0.387 e. The van der Waals surface area contributed by atoms with E-state index in [0.29, 0.717) is 27.2 Å². The summed E-state index contributed by atoms with van der Waals surface area (Å²) in [7, 11) is 0. The minimum Gasteiger partial charge on any atom is -0.466 e. The monoisotopic (exact) mass is 471 g/mol. The zero-order valence-corrected chi connectivity index (χ0v) is 18.4. The molecule has 0 aliphatic heterocycles. The van der Waals surface area contributed by atoms with Gasteiger partial charge in [0, 0.05) is 16.3 Å². The maximum absolute atomic E-state index is 13.0. The van der Waals surface area contributed by atoms with Crippen molar-refractivity contribution < 1.29 is 23.0 Å². The molecule has 0 fully saturated rings. The van der Waals surface area contributed by atoms with Crippen molar-refractivity contribution in [2.24, 2.45) is 0 Å². The predicted molar refractivity (Wildman–Crippen MR) is 120 cm³/mol. The summed E-state index contributed by atoms with van der Waals surface area (Å²) < 4.78 is 35.3. The maximum atomic E-state index is 13.0. The number of aromatic nitrogens is 3. The fourth-order valence-corrected chi connectivity index (χ4v) is 4.13. The third-order valence-electron chi connectivity index (χ3n) is 4.77. The minimum atomic E-state index is -2.89. The van der Waals surface area contributed by atoms with Crippen molar-refractivity contribution >= 4 is 28.1 Å². The number of hydrogen-bond donors (Lipinski definition) is 0. The lowest BCUT2D eigenvalue weighted by Gasteiger charge is -2.10. The van der Waals surface area contributed by atoms with E-state index in [-0.39, 0.29) is 30.9 Å². The van der Waals surface area contributed by atoms with E-state index in [9.17, 15) is 18.4 Å². The van der Waals surface area contributed by atoms with Crippen LogP contribution in [0.25, 0.3) is 22.0 Å². The molecule has 7 nitrogen and oxygen atoms in total. The normalized spacial score (nSPS) is 11.2. The van der Waals surface area contributed by atoms with Gasteiger partial charge in [-0.3, -0.25) is 9.59 Å². The number of fused-ring (bicyclic) bond motifs is 1.